The van der Waals surface area contributed by atoms with E-state index in [2.05, 4.69) is 0 Å². The number of carboxylic acid groups (broad SMARTS) is 1. The van der Waals surface area contributed by atoms with Crippen molar-refractivity contribution >= 4 is 5.97 Å². The summed E-state index contributed by atoms with van der Waals surface area (Å²) in [6.07, 6.45) is 4.39. The van der Waals surface area contributed by atoms with Gasteiger partial charge in [0, 0.05) is 19.1 Å². The third-order valence-corrected chi connectivity index (χ3v) is 3.72. The number of hydrogen-bond donors (Lipinski definition) is 1. The molecule has 4 heteroatoms. The molecule has 1 N–H and O–H groups in total. The summed E-state index contributed by atoms with van der Waals surface area (Å²) in [5.74, 6) is -0.247. The molecule has 0 saturated heterocycles. The average molecular weight is 264 g/mol. The van der Waals surface area contributed by atoms with Gasteiger partial charge in [-0.05, 0) is 38.3 Å². The molecule has 0 aliphatic heterocycles. The molecule has 104 valence electrons. The van der Waals surface area contributed by atoms with Gasteiger partial charge >= 0.3 is 5.97 Å². The molecule has 0 radical (unpaired) electrons. The van der Waals surface area contributed by atoms with Crippen molar-refractivity contribution in [3.05, 3.63) is 29.3 Å². The van der Waals surface area contributed by atoms with Gasteiger partial charge in [-0.25, -0.2) is 4.79 Å². The molecule has 0 heterocycles. The van der Waals surface area contributed by atoms with Crippen molar-refractivity contribution in [3.8, 4) is 5.75 Å². The summed E-state index contributed by atoms with van der Waals surface area (Å²) in [5, 5.41) is 9.10. The molecular formula is C15H20O4. The van der Waals surface area contributed by atoms with Gasteiger partial charge in [0.25, 0.3) is 0 Å². The fourth-order valence-corrected chi connectivity index (χ4v) is 2.58. The second-order valence-electron chi connectivity index (χ2n) is 5.00. The molecule has 2 unspecified atom stereocenters. The summed E-state index contributed by atoms with van der Waals surface area (Å²) in [7, 11) is 1.73. The van der Waals surface area contributed by atoms with Crippen LogP contribution >= 0.6 is 0 Å². The van der Waals surface area contributed by atoms with E-state index in [1.807, 2.05) is 6.07 Å². The van der Waals surface area contributed by atoms with Gasteiger partial charge in [-0.15, -0.1) is 0 Å². The van der Waals surface area contributed by atoms with E-state index < -0.39 is 5.97 Å². The molecule has 4 nitrogen and oxygen atoms in total. The quantitative estimate of drug-likeness (QED) is 0.908. The molecule has 19 heavy (non-hydrogen) atoms. The number of methoxy groups -OCH3 is 1. The maximum atomic E-state index is 11.1. The number of hydrogen-bond acceptors (Lipinski definition) is 3. The number of aromatic carboxylic acids is 1. The molecule has 0 spiro atoms. The Morgan fingerprint density at radius 3 is 2.74 bits per heavy atom. The monoisotopic (exact) mass is 264 g/mol. The highest BCUT2D eigenvalue weighted by Gasteiger charge is 2.24. The zero-order valence-electron chi connectivity index (χ0n) is 11.4. The Bertz CT molecular complexity index is 455. The summed E-state index contributed by atoms with van der Waals surface area (Å²) < 4.78 is 11.3. The van der Waals surface area contributed by atoms with E-state index in [4.69, 9.17) is 14.6 Å². The van der Waals surface area contributed by atoms with Crippen LogP contribution in [0, 0.1) is 6.92 Å². The molecule has 1 aliphatic carbocycles. The van der Waals surface area contributed by atoms with Crippen LogP contribution in [0.3, 0.4) is 0 Å². The summed E-state index contributed by atoms with van der Waals surface area (Å²) in [6.45, 7) is 1.79. The van der Waals surface area contributed by atoms with E-state index in [9.17, 15) is 4.79 Å². The van der Waals surface area contributed by atoms with Crippen molar-refractivity contribution in [1.82, 2.24) is 0 Å². The second-order valence-corrected chi connectivity index (χ2v) is 5.00. The largest absolute Gasteiger partial charge is 0.490 e. The first-order chi connectivity index (χ1) is 9.11. The van der Waals surface area contributed by atoms with Crippen LogP contribution in [-0.2, 0) is 4.74 Å². The van der Waals surface area contributed by atoms with Crippen LogP contribution in [0.15, 0.2) is 18.2 Å². The Morgan fingerprint density at radius 1 is 1.32 bits per heavy atom. The Hall–Kier alpha value is -1.55. The molecule has 2 atom stereocenters. The Labute approximate surface area is 113 Å². The van der Waals surface area contributed by atoms with Crippen molar-refractivity contribution in [2.45, 2.75) is 44.8 Å². The first-order valence-electron chi connectivity index (χ1n) is 6.64. The Balaban J connectivity index is 2.10. The zero-order valence-corrected chi connectivity index (χ0v) is 11.4. The summed E-state index contributed by atoms with van der Waals surface area (Å²) >= 11 is 0. The SMILES string of the molecule is COC1CCCC(Oc2cccc(C(=O)O)c2C)C1. The normalized spacial score (nSPS) is 23.1. The third kappa shape index (κ3) is 3.26. The number of carboxylic acids is 1. The van der Waals surface area contributed by atoms with E-state index in [1.54, 1.807) is 26.2 Å². The minimum atomic E-state index is -0.915. The van der Waals surface area contributed by atoms with Crippen molar-refractivity contribution in [2.24, 2.45) is 0 Å². The molecule has 1 saturated carbocycles. The molecular weight excluding hydrogens is 244 g/mol. The van der Waals surface area contributed by atoms with Gasteiger partial charge in [0.2, 0.25) is 0 Å². The highest BCUT2D eigenvalue weighted by Crippen LogP contribution is 2.28. The first-order valence-corrected chi connectivity index (χ1v) is 6.64. The van der Waals surface area contributed by atoms with E-state index in [1.165, 1.54) is 0 Å². The molecule has 1 aromatic carbocycles. The minimum absolute atomic E-state index is 0.112. The maximum absolute atomic E-state index is 11.1. The average Bonchev–Trinajstić information content (AvgIpc) is 2.41. The van der Waals surface area contributed by atoms with E-state index in [-0.39, 0.29) is 12.2 Å². The number of ether oxygens (including phenoxy) is 2. The number of rotatable bonds is 4. The zero-order chi connectivity index (χ0) is 13.8. The molecule has 0 bridgehead atoms. The predicted molar refractivity (Wildman–Crippen MR) is 71.8 cm³/mol. The molecule has 1 fully saturated rings. The Kier molecular flexibility index (Phi) is 4.43. The van der Waals surface area contributed by atoms with Crippen LogP contribution < -0.4 is 4.74 Å². The van der Waals surface area contributed by atoms with Gasteiger partial charge in [0.1, 0.15) is 11.9 Å². The molecule has 2 rings (SSSR count). The van der Waals surface area contributed by atoms with E-state index in [0.717, 1.165) is 25.7 Å². The molecule has 0 aromatic heterocycles. The lowest BCUT2D eigenvalue weighted by atomic mass is 9.94. The highest BCUT2D eigenvalue weighted by molar-refractivity contribution is 5.90. The van der Waals surface area contributed by atoms with E-state index >= 15 is 0 Å². The number of benzene rings is 1. The van der Waals surface area contributed by atoms with Gasteiger partial charge in [0.05, 0.1) is 11.7 Å². The lowest BCUT2D eigenvalue weighted by molar-refractivity contribution is 0.0206. The van der Waals surface area contributed by atoms with Gasteiger partial charge in [-0.2, -0.15) is 0 Å². The standard InChI is InChI=1S/C15H20O4/c1-10-13(15(16)17)7-4-8-14(10)19-12-6-3-5-11(9-12)18-2/h4,7-8,11-12H,3,5-6,9H2,1-2H3,(H,16,17). The third-order valence-electron chi connectivity index (χ3n) is 3.72. The fourth-order valence-electron chi connectivity index (χ4n) is 2.58. The van der Waals surface area contributed by atoms with Gasteiger partial charge in [-0.3, -0.25) is 0 Å². The summed E-state index contributed by atoms with van der Waals surface area (Å²) in [4.78, 5) is 11.1. The lowest BCUT2D eigenvalue weighted by Gasteiger charge is -2.29. The number of carbonyl (C=O) groups is 1. The smallest absolute Gasteiger partial charge is 0.336 e. The van der Waals surface area contributed by atoms with Gasteiger partial charge in [-0.1, -0.05) is 6.07 Å². The van der Waals surface area contributed by atoms with Crippen LogP contribution in [0.25, 0.3) is 0 Å². The fraction of sp³-hybridized carbons (Fsp3) is 0.533. The van der Waals surface area contributed by atoms with Gasteiger partial charge in [0.15, 0.2) is 0 Å². The minimum Gasteiger partial charge on any atom is -0.490 e. The van der Waals surface area contributed by atoms with Crippen LogP contribution in [0.5, 0.6) is 5.75 Å². The van der Waals surface area contributed by atoms with Crippen LogP contribution in [0.1, 0.15) is 41.6 Å². The maximum Gasteiger partial charge on any atom is 0.336 e. The van der Waals surface area contributed by atoms with Crippen LogP contribution in [0.4, 0.5) is 0 Å². The molecule has 0 amide bonds. The summed E-state index contributed by atoms with van der Waals surface area (Å²) in [6, 6.07) is 5.16. The van der Waals surface area contributed by atoms with Crippen molar-refractivity contribution in [2.75, 3.05) is 7.11 Å². The second kappa shape index (κ2) is 6.06. The van der Waals surface area contributed by atoms with Crippen LogP contribution in [0.2, 0.25) is 0 Å². The molecule has 1 aromatic rings. The van der Waals surface area contributed by atoms with Crippen molar-refractivity contribution < 1.29 is 19.4 Å². The van der Waals surface area contributed by atoms with Crippen molar-refractivity contribution in [1.29, 1.82) is 0 Å². The lowest BCUT2D eigenvalue weighted by Crippen LogP contribution is -2.29. The van der Waals surface area contributed by atoms with Crippen molar-refractivity contribution in [3.63, 3.8) is 0 Å². The topological polar surface area (TPSA) is 55.8 Å². The van der Waals surface area contributed by atoms with Crippen LogP contribution in [-0.4, -0.2) is 30.4 Å². The van der Waals surface area contributed by atoms with E-state index in [0.29, 0.717) is 16.9 Å². The Morgan fingerprint density at radius 2 is 2.05 bits per heavy atom. The first kappa shape index (κ1) is 13.9. The highest BCUT2D eigenvalue weighted by atomic mass is 16.5. The predicted octanol–water partition coefficient (Wildman–Crippen LogP) is 3.03. The molecule has 1 aliphatic rings. The summed E-state index contributed by atoms with van der Waals surface area (Å²) in [5.41, 5.74) is 0.992. The van der Waals surface area contributed by atoms with Gasteiger partial charge < -0.3 is 14.6 Å².